The largest absolute Gasteiger partial charge is 0.491 e. The molecule has 200 valence electrons. The van der Waals surface area contributed by atoms with Crippen LogP contribution in [0.4, 0.5) is 18.9 Å². The van der Waals surface area contributed by atoms with Gasteiger partial charge in [0.05, 0.1) is 24.5 Å². The maximum absolute atomic E-state index is 12.6. The fraction of sp³-hybridized carbons (Fsp3) is 0.286. The fourth-order valence-corrected chi connectivity index (χ4v) is 3.51. The number of nitrogens with zero attached hydrogens (tertiary/aromatic N) is 3. The van der Waals surface area contributed by atoms with Gasteiger partial charge in [-0.25, -0.2) is 4.98 Å². The Morgan fingerprint density at radius 2 is 1.79 bits per heavy atom. The van der Waals surface area contributed by atoms with E-state index in [9.17, 15) is 13.2 Å². The van der Waals surface area contributed by atoms with Crippen molar-refractivity contribution in [2.24, 2.45) is 0 Å². The quantitative estimate of drug-likeness (QED) is 0.239. The number of benzene rings is 2. The van der Waals surface area contributed by atoms with Crippen molar-refractivity contribution in [1.29, 1.82) is 0 Å². The van der Waals surface area contributed by atoms with Crippen molar-refractivity contribution in [2.45, 2.75) is 12.7 Å². The predicted molar refractivity (Wildman–Crippen MR) is 141 cm³/mol. The van der Waals surface area contributed by atoms with Gasteiger partial charge in [-0.1, -0.05) is 12.1 Å². The SMILES string of the molecule is CN(C)c1ccc(/C=C/c2nc3ccc(OCCOCCNCc4ccc(C(F)(F)F)cn4)cc3o2)cc1. The van der Waals surface area contributed by atoms with E-state index in [2.05, 4.69) is 27.4 Å². The van der Waals surface area contributed by atoms with Gasteiger partial charge < -0.3 is 24.1 Å². The first-order valence-corrected chi connectivity index (χ1v) is 12.1. The van der Waals surface area contributed by atoms with Crippen molar-refractivity contribution < 1.29 is 27.1 Å². The summed E-state index contributed by atoms with van der Waals surface area (Å²) in [6.45, 7) is 2.06. The molecule has 7 nitrogen and oxygen atoms in total. The highest BCUT2D eigenvalue weighted by atomic mass is 19.4. The Labute approximate surface area is 218 Å². The third kappa shape index (κ3) is 7.80. The molecule has 10 heteroatoms. The molecule has 0 saturated heterocycles. The van der Waals surface area contributed by atoms with Crippen LogP contribution >= 0.6 is 0 Å². The second-order valence-electron chi connectivity index (χ2n) is 8.67. The zero-order chi connectivity index (χ0) is 27.0. The standard InChI is InChI=1S/C28H29F3N4O3/c1-35(2)23-8-3-20(4-9-23)5-12-27-34-25-11-10-24(17-26(25)38-27)37-16-15-36-14-13-32-19-22-7-6-21(18-33-22)28(29,30)31/h3-12,17-18,32H,13-16,19H2,1-2H3/b12-5+. The summed E-state index contributed by atoms with van der Waals surface area (Å²) in [7, 11) is 4.01. The highest BCUT2D eigenvalue weighted by molar-refractivity contribution is 5.77. The van der Waals surface area contributed by atoms with Gasteiger partial charge in [-0.3, -0.25) is 4.98 Å². The van der Waals surface area contributed by atoms with Crippen molar-refractivity contribution in [3.8, 4) is 5.75 Å². The van der Waals surface area contributed by atoms with Crippen molar-refractivity contribution in [1.82, 2.24) is 15.3 Å². The first kappa shape index (κ1) is 27.2. The highest BCUT2D eigenvalue weighted by Gasteiger charge is 2.30. The number of hydrogen-bond donors (Lipinski definition) is 1. The number of pyridine rings is 1. The minimum absolute atomic E-state index is 0.356. The molecular formula is C28H29F3N4O3. The number of anilines is 1. The molecule has 0 aliphatic rings. The zero-order valence-corrected chi connectivity index (χ0v) is 21.2. The Kier molecular flexibility index (Phi) is 8.98. The number of rotatable bonds is 12. The average Bonchev–Trinajstić information content (AvgIpc) is 3.31. The zero-order valence-electron chi connectivity index (χ0n) is 21.2. The second-order valence-corrected chi connectivity index (χ2v) is 8.67. The van der Waals surface area contributed by atoms with E-state index >= 15 is 0 Å². The van der Waals surface area contributed by atoms with Crippen LogP contribution in [-0.4, -0.2) is 50.4 Å². The first-order chi connectivity index (χ1) is 18.3. The van der Waals surface area contributed by atoms with Gasteiger partial charge in [0.15, 0.2) is 5.58 Å². The number of hydrogen-bond acceptors (Lipinski definition) is 7. The topological polar surface area (TPSA) is 72.7 Å². The van der Waals surface area contributed by atoms with E-state index in [4.69, 9.17) is 13.9 Å². The van der Waals surface area contributed by atoms with E-state index in [-0.39, 0.29) is 0 Å². The van der Waals surface area contributed by atoms with E-state index in [0.717, 1.165) is 29.0 Å². The van der Waals surface area contributed by atoms with Gasteiger partial charge in [-0.05, 0) is 48.0 Å². The summed E-state index contributed by atoms with van der Waals surface area (Å²) in [5, 5.41) is 3.08. The van der Waals surface area contributed by atoms with Gasteiger partial charge in [0.2, 0.25) is 5.89 Å². The lowest BCUT2D eigenvalue weighted by Crippen LogP contribution is -2.21. The van der Waals surface area contributed by atoms with Crippen LogP contribution in [0.2, 0.25) is 0 Å². The molecule has 0 aliphatic heterocycles. The Hall–Kier alpha value is -3.89. The number of alkyl halides is 3. The summed E-state index contributed by atoms with van der Waals surface area (Å²) in [6.07, 6.45) is 0.244. The molecule has 0 saturated carbocycles. The van der Waals surface area contributed by atoms with E-state index in [1.807, 2.05) is 55.4 Å². The van der Waals surface area contributed by atoms with Gasteiger partial charge in [-0.15, -0.1) is 0 Å². The highest BCUT2D eigenvalue weighted by Crippen LogP contribution is 2.28. The molecule has 2 aromatic carbocycles. The predicted octanol–water partition coefficient (Wildman–Crippen LogP) is 5.66. The molecule has 0 unspecified atom stereocenters. The molecule has 0 aliphatic carbocycles. The lowest BCUT2D eigenvalue weighted by Gasteiger charge is -2.11. The van der Waals surface area contributed by atoms with Crippen molar-refractivity contribution in [2.75, 3.05) is 45.4 Å². The summed E-state index contributed by atoms with van der Waals surface area (Å²) < 4.78 is 54.8. The molecule has 0 amide bonds. The molecule has 0 atom stereocenters. The maximum atomic E-state index is 12.6. The number of oxazole rings is 1. The van der Waals surface area contributed by atoms with Crippen LogP contribution in [0.25, 0.3) is 23.3 Å². The smallest absolute Gasteiger partial charge is 0.417 e. The number of fused-ring (bicyclic) bond motifs is 1. The van der Waals surface area contributed by atoms with Crippen LogP contribution in [-0.2, 0) is 17.5 Å². The molecule has 38 heavy (non-hydrogen) atoms. The van der Waals surface area contributed by atoms with Crippen LogP contribution in [0.3, 0.4) is 0 Å². The van der Waals surface area contributed by atoms with Crippen LogP contribution in [0.15, 0.2) is 65.2 Å². The minimum atomic E-state index is -4.38. The van der Waals surface area contributed by atoms with Gasteiger partial charge in [0, 0.05) is 51.2 Å². The van der Waals surface area contributed by atoms with Crippen LogP contribution in [0.1, 0.15) is 22.7 Å². The van der Waals surface area contributed by atoms with Gasteiger partial charge in [0.1, 0.15) is 17.9 Å². The second kappa shape index (κ2) is 12.6. The van der Waals surface area contributed by atoms with E-state index in [1.165, 1.54) is 6.07 Å². The lowest BCUT2D eigenvalue weighted by molar-refractivity contribution is -0.137. The van der Waals surface area contributed by atoms with Crippen molar-refractivity contribution in [3.63, 3.8) is 0 Å². The Morgan fingerprint density at radius 3 is 2.50 bits per heavy atom. The molecule has 2 heterocycles. The number of aromatic nitrogens is 2. The number of ether oxygens (including phenoxy) is 2. The third-order valence-corrected chi connectivity index (χ3v) is 5.58. The average molecular weight is 527 g/mol. The Morgan fingerprint density at radius 1 is 0.974 bits per heavy atom. The Bertz CT molecular complexity index is 1330. The van der Waals surface area contributed by atoms with Crippen molar-refractivity contribution in [3.05, 3.63) is 83.5 Å². The number of halogens is 3. The van der Waals surface area contributed by atoms with E-state index < -0.39 is 11.7 Å². The molecular weight excluding hydrogens is 497 g/mol. The third-order valence-electron chi connectivity index (χ3n) is 5.58. The van der Waals surface area contributed by atoms with Crippen molar-refractivity contribution >= 4 is 28.9 Å². The molecule has 0 fully saturated rings. The molecule has 4 rings (SSSR count). The van der Waals surface area contributed by atoms with Crippen LogP contribution in [0, 0.1) is 0 Å². The summed E-state index contributed by atoms with van der Waals surface area (Å²) in [5.41, 5.74) is 3.32. The Balaban J connectivity index is 1.15. The van der Waals surface area contributed by atoms with Gasteiger partial charge >= 0.3 is 6.18 Å². The molecule has 2 aromatic heterocycles. The first-order valence-electron chi connectivity index (χ1n) is 12.1. The summed E-state index contributed by atoms with van der Waals surface area (Å²) in [5.74, 6) is 1.16. The molecule has 0 spiro atoms. The fourth-order valence-electron chi connectivity index (χ4n) is 3.51. The van der Waals surface area contributed by atoms with Crippen LogP contribution in [0.5, 0.6) is 5.75 Å². The summed E-state index contributed by atoms with van der Waals surface area (Å²) in [6, 6.07) is 16.0. The molecule has 0 radical (unpaired) electrons. The maximum Gasteiger partial charge on any atom is 0.417 e. The van der Waals surface area contributed by atoms with Crippen LogP contribution < -0.4 is 15.0 Å². The normalized spacial score (nSPS) is 11.9. The monoisotopic (exact) mass is 526 g/mol. The van der Waals surface area contributed by atoms with E-state index in [1.54, 1.807) is 6.07 Å². The van der Waals surface area contributed by atoms with E-state index in [0.29, 0.717) is 55.8 Å². The van der Waals surface area contributed by atoms with Gasteiger partial charge in [0.25, 0.3) is 0 Å². The summed E-state index contributed by atoms with van der Waals surface area (Å²) >= 11 is 0. The molecule has 0 bridgehead atoms. The molecule has 4 aromatic rings. The van der Waals surface area contributed by atoms with Gasteiger partial charge in [-0.2, -0.15) is 13.2 Å². The number of nitrogens with one attached hydrogen (secondary N) is 1. The lowest BCUT2D eigenvalue weighted by atomic mass is 10.2. The summed E-state index contributed by atoms with van der Waals surface area (Å²) in [4.78, 5) is 10.4. The minimum Gasteiger partial charge on any atom is -0.491 e. The molecule has 1 N–H and O–H groups in total.